The van der Waals surface area contributed by atoms with Crippen molar-refractivity contribution in [3.63, 3.8) is 0 Å². The molecule has 1 aromatic carbocycles. The summed E-state index contributed by atoms with van der Waals surface area (Å²) in [5.74, 6) is -0.220. The van der Waals surface area contributed by atoms with E-state index in [0.717, 1.165) is 13.1 Å². The number of ether oxygens (including phenoxy) is 1. The smallest absolute Gasteiger partial charge is 0.309 e. The number of methoxy groups -OCH3 is 1. The molecule has 0 amide bonds. The van der Waals surface area contributed by atoms with Crippen LogP contribution < -0.4 is 0 Å². The number of carbonyl (C=O) groups is 1. The maximum Gasteiger partial charge on any atom is 0.309 e. The number of benzene rings is 1. The van der Waals surface area contributed by atoms with E-state index in [1.807, 2.05) is 6.92 Å². The highest BCUT2D eigenvalue weighted by Gasteiger charge is 2.29. The number of fused-ring (bicyclic) bond motifs is 1. The lowest BCUT2D eigenvalue weighted by Crippen LogP contribution is -2.37. The fourth-order valence-corrected chi connectivity index (χ4v) is 2.35. The molecule has 0 spiro atoms. The lowest BCUT2D eigenvalue weighted by atomic mass is 10.0. The maximum atomic E-state index is 11.5. The number of esters is 1. The van der Waals surface area contributed by atoms with Gasteiger partial charge in [0.15, 0.2) is 0 Å². The van der Waals surface area contributed by atoms with Gasteiger partial charge in [0, 0.05) is 19.1 Å². The summed E-state index contributed by atoms with van der Waals surface area (Å²) in [7, 11) is 1.45. The molecular formula is C14H19NO2. The van der Waals surface area contributed by atoms with Crippen molar-refractivity contribution in [2.24, 2.45) is 5.92 Å². The molecule has 2 rings (SSSR count). The zero-order valence-corrected chi connectivity index (χ0v) is 10.6. The van der Waals surface area contributed by atoms with Crippen LogP contribution in [0.4, 0.5) is 0 Å². The van der Waals surface area contributed by atoms with E-state index in [4.69, 9.17) is 4.74 Å². The summed E-state index contributed by atoms with van der Waals surface area (Å²) in [6.45, 7) is 5.88. The SMILES string of the molecule is COC(=O)C(C)C(C)N1Cc2ccccc2C1. The van der Waals surface area contributed by atoms with Crippen LogP contribution in [0.1, 0.15) is 25.0 Å². The van der Waals surface area contributed by atoms with Crippen molar-refractivity contribution in [3.8, 4) is 0 Å². The Morgan fingerprint density at radius 2 is 1.76 bits per heavy atom. The molecule has 1 aliphatic rings. The molecule has 2 atom stereocenters. The van der Waals surface area contributed by atoms with Gasteiger partial charge in [0.1, 0.15) is 0 Å². The molecule has 3 nitrogen and oxygen atoms in total. The van der Waals surface area contributed by atoms with Gasteiger partial charge in [0.25, 0.3) is 0 Å². The number of hydrogen-bond acceptors (Lipinski definition) is 3. The molecule has 1 aromatic rings. The predicted octanol–water partition coefficient (Wildman–Crippen LogP) is 2.20. The van der Waals surface area contributed by atoms with Crippen molar-refractivity contribution < 1.29 is 9.53 Å². The number of rotatable bonds is 3. The lowest BCUT2D eigenvalue weighted by Gasteiger charge is -2.27. The normalized spacial score (nSPS) is 18.5. The molecule has 0 saturated heterocycles. The highest BCUT2D eigenvalue weighted by molar-refractivity contribution is 5.72. The molecule has 0 fully saturated rings. The molecule has 0 aliphatic carbocycles. The van der Waals surface area contributed by atoms with Crippen molar-refractivity contribution >= 4 is 5.97 Å². The summed E-state index contributed by atoms with van der Waals surface area (Å²) >= 11 is 0. The second-order valence-corrected chi connectivity index (χ2v) is 4.73. The van der Waals surface area contributed by atoms with Crippen LogP contribution in [0.15, 0.2) is 24.3 Å². The predicted molar refractivity (Wildman–Crippen MR) is 66.3 cm³/mol. The van der Waals surface area contributed by atoms with Gasteiger partial charge in [0.05, 0.1) is 13.0 Å². The van der Waals surface area contributed by atoms with Crippen LogP contribution >= 0.6 is 0 Å². The summed E-state index contributed by atoms with van der Waals surface area (Å²) in [5, 5.41) is 0. The summed E-state index contributed by atoms with van der Waals surface area (Å²) in [5.41, 5.74) is 2.74. The minimum absolute atomic E-state index is 0.0886. The van der Waals surface area contributed by atoms with E-state index in [1.54, 1.807) is 0 Å². The molecule has 0 N–H and O–H groups in total. The molecular weight excluding hydrogens is 214 g/mol. The van der Waals surface area contributed by atoms with E-state index in [2.05, 4.69) is 36.1 Å². The van der Waals surface area contributed by atoms with Gasteiger partial charge in [-0.15, -0.1) is 0 Å². The summed E-state index contributed by atoms with van der Waals surface area (Å²) < 4.78 is 4.80. The van der Waals surface area contributed by atoms with Crippen LogP contribution in [0.3, 0.4) is 0 Å². The zero-order chi connectivity index (χ0) is 12.4. The monoisotopic (exact) mass is 233 g/mol. The quantitative estimate of drug-likeness (QED) is 0.750. The Labute approximate surface area is 102 Å². The maximum absolute atomic E-state index is 11.5. The molecule has 0 radical (unpaired) electrons. The van der Waals surface area contributed by atoms with Crippen molar-refractivity contribution in [1.29, 1.82) is 0 Å². The first-order valence-electron chi connectivity index (χ1n) is 6.02. The van der Waals surface area contributed by atoms with Gasteiger partial charge in [-0.1, -0.05) is 31.2 Å². The first-order valence-corrected chi connectivity index (χ1v) is 6.02. The van der Waals surface area contributed by atoms with Crippen LogP contribution in [-0.4, -0.2) is 24.0 Å². The number of hydrogen-bond donors (Lipinski definition) is 0. The molecule has 1 aliphatic heterocycles. The van der Waals surface area contributed by atoms with Gasteiger partial charge in [-0.2, -0.15) is 0 Å². The minimum Gasteiger partial charge on any atom is -0.469 e. The van der Waals surface area contributed by atoms with Crippen molar-refractivity contribution in [3.05, 3.63) is 35.4 Å². The van der Waals surface area contributed by atoms with Crippen LogP contribution in [0.25, 0.3) is 0 Å². The van der Waals surface area contributed by atoms with Crippen LogP contribution in [0.5, 0.6) is 0 Å². The molecule has 2 unspecified atom stereocenters. The van der Waals surface area contributed by atoms with E-state index in [0.29, 0.717) is 0 Å². The van der Waals surface area contributed by atoms with E-state index in [9.17, 15) is 4.79 Å². The second kappa shape index (κ2) is 4.88. The van der Waals surface area contributed by atoms with Crippen molar-refractivity contribution in [1.82, 2.24) is 4.90 Å². The van der Waals surface area contributed by atoms with Gasteiger partial charge in [0.2, 0.25) is 0 Å². The zero-order valence-electron chi connectivity index (χ0n) is 10.6. The molecule has 3 heteroatoms. The fraction of sp³-hybridized carbons (Fsp3) is 0.500. The summed E-state index contributed by atoms with van der Waals surface area (Å²) in [6, 6.07) is 8.65. The molecule has 0 saturated carbocycles. The van der Waals surface area contributed by atoms with Gasteiger partial charge in [-0.05, 0) is 18.1 Å². The topological polar surface area (TPSA) is 29.5 Å². The molecule has 92 valence electrons. The Morgan fingerprint density at radius 3 is 2.24 bits per heavy atom. The van der Waals surface area contributed by atoms with Crippen LogP contribution in [-0.2, 0) is 22.6 Å². The Kier molecular flexibility index (Phi) is 3.48. The van der Waals surface area contributed by atoms with Gasteiger partial charge in [-0.3, -0.25) is 9.69 Å². The van der Waals surface area contributed by atoms with Crippen LogP contribution in [0, 0.1) is 5.92 Å². The standard InChI is InChI=1S/C14H19NO2/c1-10(14(16)17-3)11(2)15-8-12-6-4-5-7-13(12)9-15/h4-7,10-11H,8-9H2,1-3H3. The van der Waals surface area contributed by atoms with Gasteiger partial charge >= 0.3 is 5.97 Å². The average molecular weight is 233 g/mol. The third-order valence-corrected chi connectivity index (χ3v) is 3.74. The van der Waals surface area contributed by atoms with Gasteiger partial charge < -0.3 is 4.74 Å². The minimum atomic E-state index is -0.131. The van der Waals surface area contributed by atoms with E-state index in [-0.39, 0.29) is 17.9 Å². The number of nitrogens with zero attached hydrogens (tertiary/aromatic N) is 1. The van der Waals surface area contributed by atoms with E-state index in [1.165, 1.54) is 18.2 Å². The molecule has 1 heterocycles. The Hall–Kier alpha value is -1.35. The summed E-state index contributed by atoms with van der Waals surface area (Å²) in [6.07, 6.45) is 0. The van der Waals surface area contributed by atoms with Crippen LogP contribution in [0.2, 0.25) is 0 Å². The van der Waals surface area contributed by atoms with E-state index < -0.39 is 0 Å². The number of carbonyl (C=O) groups excluding carboxylic acids is 1. The molecule has 0 aromatic heterocycles. The third kappa shape index (κ3) is 2.34. The second-order valence-electron chi connectivity index (χ2n) is 4.73. The Bertz CT molecular complexity index is 391. The lowest BCUT2D eigenvalue weighted by molar-refractivity contribution is -0.147. The largest absolute Gasteiger partial charge is 0.469 e. The fourth-order valence-electron chi connectivity index (χ4n) is 2.35. The first-order chi connectivity index (χ1) is 8.13. The van der Waals surface area contributed by atoms with E-state index >= 15 is 0 Å². The van der Waals surface area contributed by atoms with Crippen molar-refractivity contribution in [2.45, 2.75) is 33.0 Å². The van der Waals surface area contributed by atoms with Gasteiger partial charge in [-0.25, -0.2) is 0 Å². The summed E-state index contributed by atoms with van der Waals surface area (Å²) in [4.78, 5) is 13.9. The Balaban J connectivity index is 2.05. The first kappa shape index (κ1) is 12.1. The molecule has 17 heavy (non-hydrogen) atoms. The Morgan fingerprint density at radius 1 is 1.24 bits per heavy atom. The molecule has 0 bridgehead atoms. The average Bonchev–Trinajstić information content (AvgIpc) is 2.79. The highest BCUT2D eigenvalue weighted by atomic mass is 16.5. The third-order valence-electron chi connectivity index (χ3n) is 3.74. The van der Waals surface area contributed by atoms with Crippen molar-refractivity contribution in [2.75, 3.05) is 7.11 Å². The highest BCUT2D eigenvalue weighted by Crippen LogP contribution is 2.26.